The summed E-state index contributed by atoms with van der Waals surface area (Å²) in [5, 5.41) is 8.65. The zero-order chi connectivity index (χ0) is 17.5. The zero-order valence-electron chi connectivity index (χ0n) is 14.1. The van der Waals surface area contributed by atoms with Gasteiger partial charge in [0.25, 0.3) is 0 Å². The summed E-state index contributed by atoms with van der Waals surface area (Å²) in [6.07, 6.45) is 1.53. The normalized spacial score (nSPS) is 14.9. The van der Waals surface area contributed by atoms with E-state index < -0.39 is 6.03 Å². The number of carbonyl (C=O) groups excluding carboxylic acids is 2. The molecular formula is C20H23N3O2. The Morgan fingerprint density at radius 1 is 0.880 bits per heavy atom. The number of hydrogen-bond acceptors (Lipinski definition) is 3. The molecule has 3 rings (SSSR count). The van der Waals surface area contributed by atoms with Crippen molar-refractivity contribution in [3.05, 3.63) is 71.8 Å². The fourth-order valence-electron chi connectivity index (χ4n) is 3.12. The predicted octanol–water partition coefficient (Wildman–Crippen LogP) is 2.60. The van der Waals surface area contributed by atoms with Crippen LogP contribution in [-0.2, 0) is 4.79 Å². The van der Waals surface area contributed by atoms with Gasteiger partial charge in [-0.3, -0.25) is 10.1 Å². The van der Waals surface area contributed by atoms with Gasteiger partial charge in [0.1, 0.15) is 0 Å². The Morgan fingerprint density at radius 3 is 1.92 bits per heavy atom. The van der Waals surface area contributed by atoms with Gasteiger partial charge in [-0.2, -0.15) is 0 Å². The molecule has 0 aromatic heterocycles. The van der Waals surface area contributed by atoms with Crippen LogP contribution in [0, 0.1) is 5.92 Å². The average molecular weight is 337 g/mol. The van der Waals surface area contributed by atoms with E-state index in [4.69, 9.17) is 0 Å². The first-order chi connectivity index (χ1) is 12.2. The molecule has 3 N–H and O–H groups in total. The van der Waals surface area contributed by atoms with Crippen LogP contribution in [0.5, 0.6) is 0 Å². The highest BCUT2D eigenvalue weighted by atomic mass is 16.2. The molecule has 1 heterocycles. The first-order valence-corrected chi connectivity index (χ1v) is 8.66. The monoisotopic (exact) mass is 337 g/mol. The lowest BCUT2D eigenvalue weighted by atomic mass is 9.97. The summed E-state index contributed by atoms with van der Waals surface area (Å²) in [7, 11) is 0. The number of nitrogens with one attached hydrogen (secondary N) is 3. The molecule has 0 saturated carbocycles. The third kappa shape index (κ3) is 4.67. The van der Waals surface area contributed by atoms with Crippen LogP contribution in [0.2, 0.25) is 0 Å². The second-order valence-electron chi connectivity index (χ2n) is 6.24. The summed E-state index contributed by atoms with van der Waals surface area (Å²) >= 11 is 0. The van der Waals surface area contributed by atoms with Crippen LogP contribution in [0.1, 0.15) is 30.0 Å². The smallest absolute Gasteiger partial charge is 0.322 e. The lowest BCUT2D eigenvalue weighted by molar-refractivity contribution is -0.124. The molecule has 1 fully saturated rings. The molecule has 1 saturated heterocycles. The van der Waals surface area contributed by atoms with Gasteiger partial charge in [0, 0.05) is 5.92 Å². The lowest BCUT2D eigenvalue weighted by Crippen LogP contribution is -2.46. The molecule has 130 valence electrons. The fraction of sp³-hybridized carbons (Fsp3) is 0.300. The van der Waals surface area contributed by atoms with E-state index >= 15 is 0 Å². The maximum atomic E-state index is 12.4. The second kappa shape index (κ2) is 8.44. The topological polar surface area (TPSA) is 70.2 Å². The highest BCUT2D eigenvalue weighted by Gasteiger charge is 2.24. The summed E-state index contributed by atoms with van der Waals surface area (Å²) < 4.78 is 0. The summed E-state index contributed by atoms with van der Waals surface area (Å²) in [6.45, 7) is 1.63. The van der Waals surface area contributed by atoms with E-state index in [0.717, 1.165) is 37.1 Å². The molecule has 0 spiro atoms. The molecule has 2 aromatic rings. The van der Waals surface area contributed by atoms with Crippen molar-refractivity contribution < 1.29 is 9.59 Å². The number of urea groups is 1. The number of piperidine rings is 1. The molecular weight excluding hydrogens is 314 g/mol. The fourth-order valence-corrected chi connectivity index (χ4v) is 3.12. The average Bonchev–Trinajstić information content (AvgIpc) is 2.68. The first kappa shape index (κ1) is 17.2. The number of imide groups is 1. The van der Waals surface area contributed by atoms with Crippen molar-refractivity contribution in [1.82, 2.24) is 16.0 Å². The summed E-state index contributed by atoms with van der Waals surface area (Å²) in [4.78, 5) is 24.7. The lowest BCUT2D eigenvalue weighted by Gasteiger charge is -2.23. The van der Waals surface area contributed by atoms with E-state index in [1.807, 2.05) is 60.7 Å². The van der Waals surface area contributed by atoms with E-state index in [1.54, 1.807) is 0 Å². The predicted molar refractivity (Wildman–Crippen MR) is 97.0 cm³/mol. The number of hydrogen-bond donors (Lipinski definition) is 3. The molecule has 25 heavy (non-hydrogen) atoms. The minimum Gasteiger partial charge on any atom is -0.327 e. The largest absolute Gasteiger partial charge is 0.327 e. The van der Waals surface area contributed by atoms with E-state index in [-0.39, 0.29) is 17.9 Å². The zero-order valence-corrected chi connectivity index (χ0v) is 14.1. The third-order valence-corrected chi connectivity index (χ3v) is 4.49. The molecule has 0 atom stereocenters. The van der Waals surface area contributed by atoms with Crippen LogP contribution in [0.25, 0.3) is 0 Å². The van der Waals surface area contributed by atoms with Crippen LogP contribution in [0.3, 0.4) is 0 Å². The van der Waals surface area contributed by atoms with E-state index in [1.165, 1.54) is 0 Å². The maximum Gasteiger partial charge on any atom is 0.322 e. The van der Waals surface area contributed by atoms with Crippen LogP contribution in [0.4, 0.5) is 4.79 Å². The van der Waals surface area contributed by atoms with Gasteiger partial charge in [0.2, 0.25) is 5.91 Å². The Bertz CT molecular complexity index is 658. The molecule has 0 radical (unpaired) electrons. The van der Waals surface area contributed by atoms with E-state index in [9.17, 15) is 9.59 Å². The van der Waals surface area contributed by atoms with Gasteiger partial charge < -0.3 is 10.6 Å². The number of rotatable bonds is 4. The third-order valence-electron chi connectivity index (χ3n) is 4.49. The van der Waals surface area contributed by atoms with E-state index in [2.05, 4.69) is 16.0 Å². The van der Waals surface area contributed by atoms with Crippen molar-refractivity contribution in [2.45, 2.75) is 18.9 Å². The quantitative estimate of drug-likeness (QED) is 0.803. The second-order valence-corrected chi connectivity index (χ2v) is 6.24. The molecule has 2 aromatic carbocycles. The Hall–Kier alpha value is -2.66. The van der Waals surface area contributed by atoms with Crippen LogP contribution >= 0.6 is 0 Å². The van der Waals surface area contributed by atoms with Gasteiger partial charge in [-0.15, -0.1) is 0 Å². The highest BCUT2D eigenvalue weighted by Crippen LogP contribution is 2.21. The Morgan fingerprint density at radius 2 is 1.40 bits per heavy atom. The molecule has 3 amide bonds. The number of benzene rings is 2. The van der Waals surface area contributed by atoms with Crippen LogP contribution in [0.15, 0.2) is 60.7 Å². The SMILES string of the molecule is O=C(NC(=O)C1CCNCC1)NC(c1ccccc1)c1ccccc1. The van der Waals surface area contributed by atoms with Crippen molar-refractivity contribution in [2.24, 2.45) is 5.92 Å². The number of carbonyl (C=O) groups is 2. The molecule has 0 aliphatic carbocycles. The van der Waals surface area contributed by atoms with Crippen LogP contribution in [-0.4, -0.2) is 25.0 Å². The van der Waals surface area contributed by atoms with Crippen molar-refractivity contribution in [1.29, 1.82) is 0 Å². The maximum absolute atomic E-state index is 12.4. The van der Waals surface area contributed by atoms with Gasteiger partial charge >= 0.3 is 6.03 Å². The molecule has 5 heteroatoms. The van der Waals surface area contributed by atoms with Gasteiger partial charge in [-0.25, -0.2) is 4.79 Å². The van der Waals surface area contributed by atoms with Gasteiger partial charge in [0.15, 0.2) is 0 Å². The van der Waals surface area contributed by atoms with Gasteiger partial charge in [-0.05, 0) is 37.1 Å². The first-order valence-electron chi connectivity index (χ1n) is 8.66. The summed E-state index contributed by atoms with van der Waals surface area (Å²) in [6, 6.07) is 18.7. The Kier molecular flexibility index (Phi) is 5.80. The molecule has 1 aliphatic rings. The van der Waals surface area contributed by atoms with Gasteiger partial charge in [0.05, 0.1) is 6.04 Å². The van der Waals surface area contributed by atoms with Crippen molar-refractivity contribution in [3.8, 4) is 0 Å². The minimum atomic E-state index is -0.457. The van der Waals surface area contributed by atoms with Crippen molar-refractivity contribution in [3.63, 3.8) is 0 Å². The summed E-state index contributed by atoms with van der Waals surface area (Å²) in [5.41, 5.74) is 1.94. The minimum absolute atomic E-state index is 0.0982. The standard InChI is InChI=1S/C20H23N3O2/c24-19(17-11-13-21-14-12-17)23-20(25)22-18(15-7-3-1-4-8-15)16-9-5-2-6-10-16/h1-10,17-18,21H,11-14H2,(H2,22,23,24,25). The summed E-state index contributed by atoms with van der Waals surface area (Å²) in [5.74, 6) is -0.294. The Labute approximate surface area is 147 Å². The van der Waals surface area contributed by atoms with Crippen molar-refractivity contribution in [2.75, 3.05) is 13.1 Å². The van der Waals surface area contributed by atoms with E-state index in [0.29, 0.717) is 0 Å². The number of amides is 3. The Balaban J connectivity index is 1.69. The highest BCUT2D eigenvalue weighted by molar-refractivity contribution is 5.95. The van der Waals surface area contributed by atoms with Crippen LogP contribution < -0.4 is 16.0 Å². The van der Waals surface area contributed by atoms with Gasteiger partial charge in [-0.1, -0.05) is 60.7 Å². The molecule has 0 bridgehead atoms. The molecule has 1 aliphatic heterocycles. The van der Waals surface area contributed by atoms with Crippen molar-refractivity contribution >= 4 is 11.9 Å². The molecule has 0 unspecified atom stereocenters. The molecule has 5 nitrogen and oxygen atoms in total.